The molecule has 0 atom stereocenters. The number of amides is 1. The molecule has 1 aliphatic heterocycles. The van der Waals surface area contributed by atoms with Gasteiger partial charge in [0.05, 0.1) is 11.4 Å². The number of carbonyl (C=O) groups excluding carboxylic acids is 1. The summed E-state index contributed by atoms with van der Waals surface area (Å²) in [6.45, 7) is 5.16. The lowest BCUT2D eigenvalue weighted by molar-refractivity contribution is -0.129. The molecule has 30 heavy (non-hydrogen) atoms. The van der Waals surface area contributed by atoms with E-state index in [1.807, 2.05) is 36.9 Å². The van der Waals surface area contributed by atoms with Gasteiger partial charge in [-0.05, 0) is 26.0 Å². The number of benzene rings is 1. The van der Waals surface area contributed by atoms with Gasteiger partial charge in [0.15, 0.2) is 0 Å². The molecule has 0 saturated carbocycles. The van der Waals surface area contributed by atoms with Crippen molar-refractivity contribution in [3.05, 3.63) is 53.0 Å². The third kappa shape index (κ3) is 3.13. The summed E-state index contributed by atoms with van der Waals surface area (Å²) >= 11 is 1.29. The van der Waals surface area contributed by atoms with Gasteiger partial charge >= 0.3 is 0 Å². The van der Waals surface area contributed by atoms with Crippen LogP contribution in [0.3, 0.4) is 0 Å². The van der Waals surface area contributed by atoms with Gasteiger partial charge in [-0.15, -0.1) is 10.2 Å². The van der Waals surface area contributed by atoms with Gasteiger partial charge in [0, 0.05) is 47.4 Å². The molecule has 0 radical (unpaired) electrons. The van der Waals surface area contributed by atoms with Crippen LogP contribution in [0.25, 0.3) is 16.9 Å². The van der Waals surface area contributed by atoms with Crippen LogP contribution in [-0.4, -0.2) is 52.7 Å². The third-order valence-electron chi connectivity index (χ3n) is 5.41. The largest absolute Gasteiger partial charge is 0.358 e. The maximum absolute atomic E-state index is 12.9. The van der Waals surface area contributed by atoms with E-state index in [0.717, 1.165) is 23.3 Å². The first-order chi connectivity index (χ1) is 14.5. The van der Waals surface area contributed by atoms with E-state index in [1.165, 1.54) is 33.1 Å². The maximum atomic E-state index is 12.9. The minimum absolute atomic E-state index is 0.0617. The average molecular weight is 423 g/mol. The quantitative estimate of drug-likeness (QED) is 0.384. The lowest BCUT2D eigenvalue weighted by Crippen LogP contribution is -2.37. The predicted octanol–water partition coefficient (Wildman–Crippen LogP) is 1.95. The maximum Gasteiger partial charge on any atom is 0.271 e. The Morgan fingerprint density at radius 3 is 2.90 bits per heavy atom. The van der Waals surface area contributed by atoms with Crippen molar-refractivity contribution in [3.8, 4) is 5.95 Å². The fourth-order valence-corrected chi connectivity index (χ4v) is 4.69. The molecule has 1 aliphatic rings. The van der Waals surface area contributed by atoms with E-state index in [0.29, 0.717) is 24.2 Å². The Hall–Kier alpha value is -3.27. The molecule has 10 heteroatoms. The van der Waals surface area contributed by atoms with Crippen LogP contribution in [0.15, 0.2) is 35.5 Å². The highest BCUT2D eigenvalue weighted by molar-refractivity contribution is 7.99. The van der Waals surface area contributed by atoms with Crippen LogP contribution in [0.1, 0.15) is 22.6 Å². The number of hydrogen-bond donors (Lipinski definition) is 2. The third-order valence-corrected chi connectivity index (χ3v) is 6.33. The van der Waals surface area contributed by atoms with Crippen molar-refractivity contribution in [2.45, 2.75) is 32.0 Å². The molecular weight excluding hydrogens is 400 g/mol. The summed E-state index contributed by atoms with van der Waals surface area (Å²) in [6.07, 6.45) is 0.829. The van der Waals surface area contributed by atoms with Crippen LogP contribution in [0, 0.1) is 13.8 Å². The molecule has 0 bridgehead atoms. The first kappa shape index (κ1) is 18.7. The number of rotatable bonds is 4. The Morgan fingerprint density at radius 1 is 1.27 bits per heavy atom. The van der Waals surface area contributed by atoms with Gasteiger partial charge in [0.25, 0.3) is 5.95 Å². The zero-order chi connectivity index (χ0) is 20.8. The Labute approximate surface area is 177 Å². The number of aryl methyl sites for hydroxylation is 2. The molecule has 3 aromatic heterocycles. The predicted molar refractivity (Wildman–Crippen MR) is 115 cm³/mol. The molecule has 3 N–H and O–H groups in total. The molecule has 4 heterocycles. The second-order valence-corrected chi connectivity index (χ2v) is 8.42. The molecule has 0 unspecified atom stereocenters. The fourth-order valence-electron chi connectivity index (χ4n) is 3.94. The normalized spacial score (nSPS) is 13.7. The smallest absolute Gasteiger partial charge is 0.271 e. The first-order valence-corrected chi connectivity index (χ1v) is 10.7. The topological polar surface area (TPSA) is 111 Å². The summed E-state index contributed by atoms with van der Waals surface area (Å²) < 4.78 is 3.03. The van der Waals surface area contributed by atoms with Gasteiger partial charge in [-0.25, -0.2) is 9.36 Å². The fraction of sp³-hybridized carbons (Fsp3) is 0.300. The number of thioether (sulfide) groups is 1. The SMILES string of the molecule is Cc1cc(C)n(-c2nnc(SCC(=O)N3CCc4[nH]c5ccccc5c4C3)n2N)n1. The Bertz CT molecular complexity index is 1250. The van der Waals surface area contributed by atoms with Crippen molar-refractivity contribution in [1.82, 2.24) is 34.5 Å². The molecule has 9 nitrogen and oxygen atoms in total. The highest BCUT2D eigenvalue weighted by Gasteiger charge is 2.24. The molecule has 4 aromatic rings. The Balaban J connectivity index is 1.29. The summed E-state index contributed by atoms with van der Waals surface area (Å²) in [7, 11) is 0. The zero-order valence-electron chi connectivity index (χ0n) is 16.8. The van der Waals surface area contributed by atoms with Crippen LogP contribution in [0.5, 0.6) is 0 Å². The van der Waals surface area contributed by atoms with E-state index in [1.54, 1.807) is 4.68 Å². The number of nitrogens with two attached hydrogens (primary N) is 1. The molecule has 0 aliphatic carbocycles. The van der Waals surface area contributed by atoms with Gasteiger partial charge in [-0.3, -0.25) is 4.79 Å². The van der Waals surface area contributed by atoms with Crippen molar-refractivity contribution in [1.29, 1.82) is 0 Å². The van der Waals surface area contributed by atoms with Crippen molar-refractivity contribution in [2.75, 3.05) is 18.1 Å². The summed E-state index contributed by atoms with van der Waals surface area (Å²) in [6, 6.07) is 10.2. The molecule has 1 aromatic carbocycles. The molecule has 5 rings (SSSR count). The molecule has 0 saturated heterocycles. The number of nitrogens with one attached hydrogen (secondary N) is 1. The molecule has 154 valence electrons. The van der Waals surface area contributed by atoms with Crippen molar-refractivity contribution >= 4 is 28.6 Å². The van der Waals surface area contributed by atoms with Crippen molar-refractivity contribution in [2.24, 2.45) is 0 Å². The minimum Gasteiger partial charge on any atom is -0.358 e. The van der Waals surface area contributed by atoms with E-state index in [4.69, 9.17) is 5.84 Å². The number of nitrogen functional groups attached to an aromatic ring is 1. The number of aromatic nitrogens is 6. The van der Waals surface area contributed by atoms with E-state index >= 15 is 0 Å². The van der Waals surface area contributed by atoms with Gasteiger partial charge in [0.2, 0.25) is 11.1 Å². The molecule has 1 amide bonds. The molecule has 0 fully saturated rings. The molecular formula is C20H22N8OS. The highest BCUT2D eigenvalue weighted by Crippen LogP contribution is 2.28. The van der Waals surface area contributed by atoms with Crippen LogP contribution in [0.2, 0.25) is 0 Å². The summed E-state index contributed by atoms with van der Waals surface area (Å²) in [5.41, 5.74) is 5.36. The molecule has 0 spiro atoms. The van der Waals surface area contributed by atoms with Gasteiger partial charge in [-0.1, -0.05) is 30.0 Å². The Kier molecular flexibility index (Phi) is 4.50. The van der Waals surface area contributed by atoms with Gasteiger partial charge in [0.1, 0.15) is 0 Å². The number of fused-ring (bicyclic) bond motifs is 3. The summed E-state index contributed by atoms with van der Waals surface area (Å²) in [4.78, 5) is 18.2. The van der Waals surface area contributed by atoms with Crippen molar-refractivity contribution < 1.29 is 4.79 Å². The number of nitrogens with zero attached hydrogens (tertiary/aromatic N) is 6. The van der Waals surface area contributed by atoms with Crippen molar-refractivity contribution in [3.63, 3.8) is 0 Å². The highest BCUT2D eigenvalue weighted by atomic mass is 32.2. The first-order valence-electron chi connectivity index (χ1n) is 9.74. The second-order valence-electron chi connectivity index (χ2n) is 7.47. The van der Waals surface area contributed by atoms with E-state index in [2.05, 4.69) is 32.4 Å². The summed E-state index contributed by atoms with van der Waals surface area (Å²) in [5, 5.41) is 14.3. The van der Waals surface area contributed by atoms with Crippen LogP contribution in [-0.2, 0) is 17.8 Å². The number of aromatic amines is 1. The van der Waals surface area contributed by atoms with Crippen LogP contribution in [0.4, 0.5) is 0 Å². The van der Waals surface area contributed by atoms with Gasteiger partial charge in [-0.2, -0.15) is 5.10 Å². The standard InChI is InChI=1S/C20H22N8OS/c1-12-9-13(2)28(25-12)19-23-24-20(27(19)21)30-11-18(29)26-8-7-17-15(10-26)14-5-3-4-6-16(14)22-17/h3-6,9,22H,7-8,10-11,21H2,1-2H3. The number of carbonyl (C=O) groups is 1. The van der Waals surface area contributed by atoms with E-state index in [-0.39, 0.29) is 11.7 Å². The lowest BCUT2D eigenvalue weighted by Gasteiger charge is -2.27. The van der Waals surface area contributed by atoms with Crippen LogP contribution < -0.4 is 5.84 Å². The monoisotopic (exact) mass is 422 g/mol. The van der Waals surface area contributed by atoms with E-state index < -0.39 is 0 Å². The Morgan fingerprint density at radius 2 is 2.10 bits per heavy atom. The number of para-hydroxylation sites is 1. The minimum atomic E-state index is 0.0617. The second kappa shape index (κ2) is 7.21. The lowest BCUT2D eigenvalue weighted by atomic mass is 10.0. The average Bonchev–Trinajstić information content (AvgIpc) is 3.40. The number of H-pyrrole nitrogens is 1. The zero-order valence-corrected chi connectivity index (χ0v) is 17.6. The number of hydrogen-bond acceptors (Lipinski definition) is 6. The van der Waals surface area contributed by atoms with E-state index in [9.17, 15) is 4.79 Å². The van der Waals surface area contributed by atoms with Gasteiger partial charge < -0.3 is 15.7 Å². The van der Waals surface area contributed by atoms with Crippen LogP contribution >= 0.6 is 11.8 Å². The summed E-state index contributed by atoms with van der Waals surface area (Å²) in [5.74, 6) is 6.91.